The van der Waals surface area contributed by atoms with Crippen molar-refractivity contribution in [3.05, 3.63) is 64.1 Å². The molecule has 1 aliphatic rings. The van der Waals surface area contributed by atoms with Gasteiger partial charge in [0.25, 0.3) is 6.10 Å². The van der Waals surface area contributed by atoms with E-state index in [1.54, 1.807) is 6.07 Å². The number of carbonyl (C=O) groups is 1. The van der Waals surface area contributed by atoms with E-state index in [0.29, 0.717) is 6.92 Å². The maximum Gasteiger partial charge on any atom is 0.431 e. The third-order valence-electron chi connectivity index (χ3n) is 4.56. The number of carbonyl (C=O) groups excluding carboxylic acids is 1. The lowest BCUT2D eigenvalue weighted by molar-refractivity contribution is -0.288. The predicted octanol–water partition coefficient (Wildman–Crippen LogP) is 5.47. The molecule has 2 heterocycles. The zero-order valence-corrected chi connectivity index (χ0v) is 16.8. The summed E-state index contributed by atoms with van der Waals surface area (Å²) in [7, 11) is 0. The summed E-state index contributed by atoms with van der Waals surface area (Å²) in [5.41, 5.74) is -3.96. The second kappa shape index (κ2) is 7.68. The molecule has 0 unspecified atom stereocenters. The molecule has 1 aromatic heterocycles. The quantitative estimate of drug-likeness (QED) is 0.322. The van der Waals surface area contributed by atoms with Crippen LogP contribution < -0.4 is 0 Å². The van der Waals surface area contributed by atoms with E-state index in [-0.39, 0.29) is 10.2 Å². The molecule has 1 aliphatic heterocycles. The number of aromatic nitrogens is 1. The number of Topliss-reactive ketones (excluding diaryl/α,β-unsaturated/α-hetero) is 1. The van der Waals surface area contributed by atoms with Crippen LogP contribution in [0.2, 0.25) is 0 Å². The van der Waals surface area contributed by atoms with Crippen LogP contribution in [0, 0.1) is 5.82 Å². The van der Waals surface area contributed by atoms with Crippen LogP contribution in [-0.4, -0.2) is 34.9 Å². The smallest absolute Gasteiger partial charge is 0.431 e. The van der Waals surface area contributed by atoms with Crippen LogP contribution in [0.1, 0.15) is 29.4 Å². The molecule has 0 spiro atoms. The Bertz CT molecular complexity index is 996. The van der Waals surface area contributed by atoms with Gasteiger partial charge >= 0.3 is 12.1 Å². The first-order valence-corrected chi connectivity index (χ1v) is 9.26. The Kier molecular flexibility index (Phi) is 5.70. The van der Waals surface area contributed by atoms with Gasteiger partial charge in [-0.05, 0) is 35.0 Å². The Labute approximate surface area is 175 Å². The molecule has 11 heteroatoms. The predicted molar refractivity (Wildman–Crippen MR) is 97.9 cm³/mol. The fourth-order valence-electron chi connectivity index (χ4n) is 3.00. The van der Waals surface area contributed by atoms with Crippen molar-refractivity contribution in [1.82, 2.24) is 4.98 Å². The van der Waals surface area contributed by atoms with Crippen LogP contribution in [0.3, 0.4) is 0 Å². The van der Waals surface area contributed by atoms with E-state index in [9.17, 15) is 31.1 Å². The second-order valence-electron chi connectivity index (χ2n) is 6.67. The fraction of sp³-hybridized carbons (Fsp3) is 0.316. The molecule has 2 aromatic rings. The molecule has 0 saturated carbocycles. The zero-order chi connectivity index (χ0) is 22.3. The number of aliphatic imine (C=N–C) groups is 1. The minimum Gasteiger partial charge on any atom is -0.461 e. The molecule has 3 rings (SSSR count). The van der Waals surface area contributed by atoms with Gasteiger partial charge in [-0.2, -0.15) is 22.0 Å². The van der Waals surface area contributed by atoms with Gasteiger partial charge in [-0.25, -0.2) is 14.4 Å². The van der Waals surface area contributed by atoms with E-state index in [1.807, 2.05) is 0 Å². The molecule has 0 radical (unpaired) electrons. The molecule has 0 bridgehead atoms. The largest absolute Gasteiger partial charge is 0.461 e. The molecule has 0 amide bonds. The van der Waals surface area contributed by atoms with Gasteiger partial charge in [0.1, 0.15) is 16.1 Å². The molecule has 0 aliphatic carbocycles. The summed E-state index contributed by atoms with van der Waals surface area (Å²) in [5, 5.41) is 0. The second-order valence-corrected chi connectivity index (χ2v) is 7.48. The summed E-state index contributed by atoms with van der Waals surface area (Å²) in [6.07, 6.45) is -9.99. The van der Waals surface area contributed by atoms with Gasteiger partial charge in [-0.15, -0.1) is 0 Å². The number of pyridine rings is 1. The maximum absolute atomic E-state index is 15.0. The van der Waals surface area contributed by atoms with Crippen LogP contribution in [0.15, 0.2) is 52.1 Å². The molecule has 0 saturated heterocycles. The number of alkyl halides is 5. The molecule has 1 aromatic carbocycles. The summed E-state index contributed by atoms with van der Waals surface area (Å²) < 4.78 is 89.0. The van der Waals surface area contributed by atoms with Crippen LogP contribution in [0.25, 0.3) is 0 Å². The average molecular weight is 495 g/mol. The number of ketones is 1. The van der Waals surface area contributed by atoms with Gasteiger partial charge in [-0.1, -0.05) is 30.3 Å². The Morgan fingerprint density at radius 1 is 1.17 bits per heavy atom. The first-order chi connectivity index (χ1) is 13.9. The molecule has 160 valence electrons. The maximum atomic E-state index is 15.0. The number of rotatable bonds is 4. The lowest BCUT2D eigenvalue weighted by Crippen LogP contribution is -2.61. The van der Waals surface area contributed by atoms with Crippen LogP contribution in [0.5, 0.6) is 0 Å². The van der Waals surface area contributed by atoms with Crippen molar-refractivity contribution in [2.45, 2.75) is 37.1 Å². The standard InChI is InChI=1S/C19H13BrF6N2O2/c1-17(15-11(21)7-8-13(20)27-15)18(22,23)16(19(24,25)26)30-14(28-17)9-12(29)10-5-3-2-4-6-10/h2-8,16H,9H2,1H3/t16-,17+/m0/s1. The molecule has 4 nitrogen and oxygen atoms in total. The van der Waals surface area contributed by atoms with Gasteiger partial charge in [0.2, 0.25) is 0 Å². The molecule has 2 atom stereocenters. The summed E-state index contributed by atoms with van der Waals surface area (Å²) in [6, 6.07) is 9.33. The molecule has 30 heavy (non-hydrogen) atoms. The highest BCUT2D eigenvalue weighted by atomic mass is 79.9. The van der Waals surface area contributed by atoms with E-state index in [2.05, 4.69) is 30.6 Å². The number of ether oxygens (including phenoxy) is 1. The van der Waals surface area contributed by atoms with Crippen molar-refractivity contribution in [2.24, 2.45) is 4.99 Å². The Morgan fingerprint density at radius 2 is 1.80 bits per heavy atom. The zero-order valence-electron chi connectivity index (χ0n) is 15.2. The summed E-state index contributed by atoms with van der Waals surface area (Å²) in [4.78, 5) is 19.5. The highest BCUT2D eigenvalue weighted by Gasteiger charge is 2.70. The minimum atomic E-state index is -5.52. The van der Waals surface area contributed by atoms with E-state index in [1.165, 1.54) is 24.3 Å². The number of halogens is 7. The summed E-state index contributed by atoms with van der Waals surface area (Å²) in [6.45, 7) is 0.624. The Balaban J connectivity index is 2.13. The van der Waals surface area contributed by atoms with E-state index >= 15 is 0 Å². The molecular formula is C19H13BrF6N2O2. The van der Waals surface area contributed by atoms with Crippen molar-refractivity contribution in [1.29, 1.82) is 0 Å². The van der Waals surface area contributed by atoms with Crippen LogP contribution in [0.4, 0.5) is 26.3 Å². The van der Waals surface area contributed by atoms with Crippen LogP contribution in [-0.2, 0) is 10.3 Å². The van der Waals surface area contributed by atoms with Crippen molar-refractivity contribution in [2.75, 3.05) is 0 Å². The molecule has 0 N–H and O–H groups in total. The third kappa shape index (κ3) is 3.94. The first kappa shape index (κ1) is 22.3. The summed E-state index contributed by atoms with van der Waals surface area (Å²) >= 11 is 2.89. The lowest BCUT2D eigenvalue weighted by atomic mass is 9.84. The molecule has 0 fully saturated rings. The fourth-order valence-corrected chi connectivity index (χ4v) is 3.31. The van der Waals surface area contributed by atoms with Crippen molar-refractivity contribution in [3.8, 4) is 0 Å². The number of benzene rings is 1. The SMILES string of the molecule is C[C@]1(c2nc(Br)ccc2F)N=C(CC(=O)c2ccccc2)O[C@H](C(F)(F)F)C1(F)F. The van der Waals surface area contributed by atoms with E-state index in [4.69, 9.17) is 0 Å². The van der Waals surface area contributed by atoms with Gasteiger partial charge < -0.3 is 4.74 Å². The lowest BCUT2D eigenvalue weighted by Gasteiger charge is -2.42. The van der Waals surface area contributed by atoms with Gasteiger partial charge in [0.15, 0.2) is 17.2 Å². The van der Waals surface area contributed by atoms with Gasteiger partial charge in [0, 0.05) is 5.56 Å². The Hall–Kier alpha value is -2.43. The van der Waals surface area contributed by atoms with Gasteiger partial charge in [0.05, 0.1) is 6.42 Å². The number of hydrogen-bond acceptors (Lipinski definition) is 4. The van der Waals surface area contributed by atoms with E-state index in [0.717, 1.165) is 12.1 Å². The first-order valence-electron chi connectivity index (χ1n) is 8.47. The average Bonchev–Trinajstić information content (AvgIpc) is 2.66. The van der Waals surface area contributed by atoms with Crippen molar-refractivity contribution in [3.63, 3.8) is 0 Å². The topological polar surface area (TPSA) is 51.5 Å². The normalized spacial score (nSPS) is 23.5. The number of hydrogen-bond donors (Lipinski definition) is 0. The molecular weight excluding hydrogens is 482 g/mol. The van der Waals surface area contributed by atoms with Crippen molar-refractivity contribution >= 4 is 27.6 Å². The van der Waals surface area contributed by atoms with E-state index < -0.39 is 53.4 Å². The number of nitrogens with zero attached hydrogens (tertiary/aromatic N) is 2. The third-order valence-corrected chi connectivity index (χ3v) is 5.00. The minimum absolute atomic E-state index is 0.0805. The highest BCUT2D eigenvalue weighted by Crippen LogP contribution is 2.51. The van der Waals surface area contributed by atoms with Gasteiger partial charge in [-0.3, -0.25) is 4.79 Å². The summed E-state index contributed by atoms with van der Waals surface area (Å²) in [5.74, 6) is -7.59. The highest BCUT2D eigenvalue weighted by molar-refractivity contribution is 9.10. The monoisotopic (exact) mass is 494 g/mol. The Morgan fingerprint density at radius 3 is 2.40 bits per heavy atom. The van der Waals surface area contributed by atoms with Crippen molar-refractivity contribution < 1.29 is 35.9 Å². The van der Waals surface area contributed by atoms with Crippen LogP contribution >= 0.6 is 15.9 Å².